The van der Waals surface area contributed by atoms with Gasteiger partial charge < -0.3 is 15.1 Å². The van der Waals surface area contributed by atoms with Gasteiger partial charge in [0.15, 0.2) is 0 Å². The highest BCUT2D eigenvalue weighted by Crippen LogP contribution is 2.38. The second-order valence-corrected chi connectivity index (χ2v) is 7.82. The van der Waals surface area contributed by atoms with E-state index in [4.69, 9.17) is 4.42 Å². The predicted octanol–water partition coefficient (Wildman–Crippen LogP) is 2.47. The van der Waals surface area contributed by atoms with E-state index in [2.05, 4.69) is 10.6 Å². The van der Waals surface area contributed by atoms with Crippen molar-refractivity contribution in [3.8, 4) is 0 Å². The summed E-state index contributed by atoms with van der Waals surface area (Å²) in [6.07, 6.45) is 0.929. The molecule has 1 amide bonds. The smallest absolute Gasteiger partial charge is 0.251 e. The van der Waals surface area contributed by atoms with Crippen LogP contribution in [0.4, 0.5) is 0 Å². The number of rotatable bonds is 3. The first-order chi connectivity index (χ1) is 13.6. The highest BCUT2D eigenvalue weighted by Gasteiger charge is 2.41. The normalized spacial score (nSPS) is 23.4. The van der Waals surface area contributed by atoms with Crippen molar-refractivity contribution >= 4 is 16.9 Å². The first kappa shape index (κ1) is 17.3. The number of pyridine rings is 1. The van der Waals surface area contributed by atoms with Gasteiger partial charge in [-0.1, -0.05) is 24.3 Å². The van der Waals surface area contributed by atoms with E-state index in [-0.39, 0.29) is 23.3 Å². The third-order valence-electron chi connectivity index (χ3n) is 6.18. The Kier molecular flexibility index (Phi) is 4.09. The topological polar surface area (TPSA) is 76.3 Å². The monoisotopic (exact) mass is 377 g/mol. The number of aryl methyl sites for hydroxylation is 1. The third-order valence-corrected chi connectivity index (χ3v) is 6.18. The van der Waals surface area contributed by atoms with Crippen molar-refractivity contribution in [2.75, 3.05) is 13.1 Å². The number of nitrogens with zero attached hydrogens (tertiary/aromatic N) is 1. The summed E-state index contributed by atoms with van der Waals surface area (Å²) in [7, 11) is 0. The predicted molar refractivity (Wildman–Crippen MR) is 106 cm³/mol. The molecule has 28 heavy (non-hydrogen) atoms. The maximum Gasteiger partial charge on any atom is 0.251 e. The molecule has 3 atom stereocenters. The van der Waals surface area contributed by atoms with E-state index in [1.807, 2.05) is 37.3 Å². The number of carbonyl (C=O) groups excluding carboxylic acids is 1. The van der Waals surface area contributed by atoms with E-state index < -0.39 is 6.04 Å². The fourth-order valence-electron chi connectivity index (χ4n) is 4.80. The lowest BCUT2D eigenvalue weighted by atomic mass is 9.79. The van der Waals surface area contributed by atoms with Crippen LogP contribution in [0.25, 0.3) is 11.0 Å². The van der Waals surface area contributed by atoms with Gasteiger partial charge in [0, 0.05) is 47.6 Å². The van der Waals surface area contributed by atoms with Gasteiger partial charge in [-0.2, -0.15) is 0 Å². The number of benzene rings is 1. The van der Waals surface area contributed by atoms with Crippen LogP contribution in [0.5, 0.6) is 0 Å². The first-order valence-corrected chi connectivity index (χ1v) is 9.80. The van der Waals surface area contributed by atoms with Crippen molar-refractivity contribution in [3.63, 3.8) is 0 Å². The average Bonchev–Trinajstić information content (AvgIpc) is 3.03. The molecule has 6 heteroatoms. The average molecular weight is 377 g/mol. The minimum atomic E-state index is -0.488. The van der Waals surface area contributed by atoms with Gasteiger partial charge in [0.2, 0.25) is 5.91 Å². The molecule has 2 N–H and O–H groups in total. The molecule has 5 rings (SSSR count). The molecule has 0 unspecified atom stereocenters. The van der Waals surface area contributed by atoms with Crippen molar-refractivity contribution in [3.05, 3.63) is 69.8 Å². The van der Waals surface area contributed by atoms with Gasteiger partial charge in [-0.15, -0.1) is 0 Å². The largest absolute Gasteiger partial charge is 0.459 e. The van der Waals surface area contributed by atoms with Crippen LogP contribution in [0.2, 0.25) is 0 Å². The number of carbonyl (C=O) groups is 1. The zero-order chi connectivity index (χ0) is 19.3. The second kappa shape index (κ2) is 6.63. The lowest BCUT2D eigenvalue weighted by molar-refractivity contribution is -0.127. The van der Waals surface area contributed by atoms with Gasteiger partial charge in [-0.05, 0) is 25.5 Å². The van der Waals surface area contributed by atoms with Crippen LogP contribution in [0.15, 0.2) is 51.7 Å². The quantitative estimate of drug-likeness (QED) is 0.735. The Bertz CT molecular complexity index is 1110. The zero-order valence-corrected chi connectivity index (χ0v) is 15.8. The van der Waals surface area contributed by atoms with Crippen molar-refractivity contribution in [2.24, 2.45) is 5.92 Å². The molecule has 1 aromatic carbocycles. The number of hydrogen-bond acceptors (Lipinski definition) is 4. The summed E-state index contributed by atoms with van der Waals surface area (Å²) in [6.45, 7) is 3.92. The Balaban J connectivity index is 1.44. The van der Waals surface area contributed by atoms with Gasteiger partial charge in [-0.3, -0.25) is 14.2 Å². The van der Waals surface area contributed by atoms with E-state index in [1.54, 1.807) is 16.7 Å². The van der Waals surface area contributed by atoms with Crippen LogP contribution >= 0.6 is 0 Å². The molecule has 2 aliphatic rings. The van der Waals surface area contributed by atoms with Crippen molar-refractivity contribution in [2.45, 2.75) is 31.8 Å². The number of aromatic nitrogens is 1. The maximum absolute atomic E-state index is 13.2. The molecule has 2 aliphatic heterocycles. The van der Waals surface area contributed by atoms with E-state index in [0.717, 1.165) is 47.5 Å². The number of amides is 1. The van der Waals surface area contributed by atoms with Crippen LogP contribution in [0.3, 0.4) is 0 Å². The lowest BCUT2D eigenvalue weighted by Crippen LogP contribution is -2.52. The van der Waals surface area contributed by atoms with E-state index in [0.29, 0.717) is 6.54 Å². The minimum Gasteiger partial charge on any atom is -0.459 e. The summed E-state index contributed by atoms with van der Waals surface area (Å²) < 4.78 is 7.62. The summed E-state index contributed by atoms with van der Waals surface area (Å²) in [4.78, 5) is 25.8. The van der Waals surface area contributed by atoms with E-state index in [9.17, 15) is 9.59 Å². The number of fused-ring (bicyclic) bond motifs is 5. The van der Waals surface area contributed by atoms with Crippen LogP contribution in [-0.2, 0) is 11.3 Å². The summed E-state index contributed by atoms with van der Waals surface area (Å²) in [5, 5.41) is 7.50. The molecule has 3 aromatic rings. The number of para-hydroxylation sites is 1. The molecule has 0 spiro atoms. The Morgan fingerprint density at radius 3 is 2.93 bits per heavy atom. The van der Waals surface area contributed by atoms with Gasteiger partial charge in [0.05, 0.1) is 6.54 Å². The van der Waals surface area contributed by atoms with E-state index >= 15 is 0 Å². The Morgan fingerprint density at radius 2 is 2.07 bits per heavy atom. The summed E-state index contributed by atoms with van der Waals surface area (Å²) in [6, 6.07) is 12.7. The van der Waals surface area contributed by atoms with Gasteiger partial charge in [-0.25, -0.2) is 0 Å². The van der Waals surface area contributed by atoms with Crippen molar-refractivity contribution in [1.82, 2.24) is 15.2 Å². The fraction of sp³-hybridized carbons (Fsp3) is 0.364. The van der Waals surface area contributed by atoms with Gasteiger partial charge in [0.1, 0.15) is 17.4 Å². The molecule has 2 aromatic heterocycles. The molecule has 0 saturated carbocycles. The molecule has 144 valence electrons. The van der Waals surface area contributed by atoms with Crippen LogP contribution in [0, 0.1) is 12.8 Å². The zero-order valence-electron chi connectivity index (χ0n) is 15.8. The summed E-state index contributed by atoms with van der Waals surface area (Å²) in [5.74, 6) is 1.03. The van der Waals surface area contributed by atoms with Gasteiger partial charge in [0.25, 0.3) is 5.56 Å². The first-order valence-electron chi connectivity index (χ1n) is 9.80. The summed E-state index contributed by atoms with van der Waals surface area (Å²) >= 11 is 0. The number of nitrogens with one attached hydrogen (secondary N) is 2. The standard InChI is InChI=1S/C22H23N3O3/c1-13-16-5-2-3-7-18(16)28-19(13)12-24-22(27)21-15-9-14(10-23-11-15)17-6-4-8-20(26)25(17)21/h2-8,14-15,21,23H,9-12H2,1H3,(H,24,27)/t14-,15+,21-/m1/s1. The molecular weight excluding hydrogens is 354 g/mol. The molecular formula is C22H23N3O3. The number of piperidine rings is 1. The Morgan fingerprint density at radius 1 is 1.21 bits per heavy atom. The Labute approximate surface area is 162 Å². The highest BCUT2D eigenvalue weighted by molar-refractivity contribution is 5.83. The van der Waals surface area contributed by atoms with E-state index in [1.165, 1.54) is 0 Å². The molecule has 1 fully saturated rings. The molecule has 6 nitrogen and oxygen atoms in total. The Hall–Kier alpha value is -2.86. The molecule has 2 bridgehead atoms. The molecule has 1 saturated heterocycles. The fourth-order valence-corrected chi connectivity index (χ4v) is 4.80. The van der Waals surface area contributed by atoms with Crippen LogP contribution in [-0.4, -0.2) is 23.6 Å². The minimum absolute atomic E-state index is 0.103. The number of furan rings is 1. The van der Waals surface area contributed by atoms with Crippen LogP contribution < -0.4 is 16.2 Å². The SMILES string of the molecule is Cc1c(CNC(=O)[C@H]2[C@@H]3CNC[C@@H](C3)c3cccc(=O)n32)oc2ccccc12. The van der Waals surface area contributed by atoms with Gasteiger partial charge >= 0.3 is 0 Å². The van der Waals surface area contributed by atoms with Crippen molar-refractivity contribution < 1.29 is 9.21 Å². The third kappa shape index (κ3) is 2.67. The lowest BCUT2D eigenvalue weighted by Gasteiger charge is -2.42. The molecule has 4 heterocycles. The molecule has 0 aliphatic carbocycles. The van der Waals surface area contributed by atoms with Crippen LogP contribution in [0.1, 0.15) is 35.4 Å². The second-order valence-electron chi connectivity index (χ2n) is 7.82. The maximum atomic E-state index is 13.2. The molecule has 0 radical (unpaired) electrons. The summed E-state index contributed by atoms with van der Waals surface area (Å²) in [5.41, 5.74) is 2.71. The highest BCUT2D eigenvalue weighted by atomic mass is 16.3. The van der Waals surface area contributed by atoms with Crippen molar-refractivity contribution in [1.29, 1.82) is 0 Å². The number of hydrogen-bond donors (Lipinski definition) is 2.